The molecule has 0 aliphatic heterocycles. The van der Waals surface area contributed by atoms with Crippen LogP contribution in [-0.2, 0) is 0 Å². The third-order valence-corrected chi connectivity index (χ3v) is 3.57. The minimum Gasteiger partial charge on any atom is -0.397 e. The van der Waals surface area contributed by atoms with Crippen molar-refractivity contribution in [2.24, 2.45) is 0 Å². The Hall–Kier alpha value is -2.00. The highest BCUT2D eigenvalue weighted by atomic mass is 79.9. The molecule has 94 valence electrons. The maximum Gasteiger partial charge on any atom is 0.0629 e. The van der Waals surface area contributed by atoms with Gasteiger partial charge in [0.05, 0.1) is 11.4 Å². The van der Waals surface area contributed by atoms with E-state index >= 15 is 0 Å². The molecule has 0 fully saturated rings. The topological polar surface area (TPSA) is 38.0 Å². The predicted octanol–water partition coefficient (Wildman–Crippen LogP) is 4.93. The van der Waals surface area contributed by atoms with E-state index in [0.717, 1.165) is 21.5 Å². The maximum atomic E-state index is 6.00. The summed E-state index contributed by atoms with van der Waals surface area (Å²) in [6.45, 7) is 0. The molecule has 3 N–H and O–H groups in total. The van der Waals surface area contributed by atoms with Gasteiger partial charge < -0.3 is 11.1 Å². The molecule has 0 aliphatic rings. The van der Waals surface area contributed by atoms with Gasteiger partial charge in [0.25, 0.3) is 0 Å². The van der Waals surface area contributed by atoms with Gasteiger partial charge >= 0.3 is 0 Å². The number of nitrogens with two attached hydrogens (primary N) is 1. The number of halogens is 1. The van der Waals surface area contributed by atoms with Crippen LogP contribution in [0.25, 0.3) is 10.8 Å². The van der Waals surface area contributed by atoms with Crippen LogP contribution in [0.4, 0.5) is 17.1 Å². The smallest absolute Gasteiger partial charge is 0.0629 e. The van der Waals surface area contributed by atoms with Crippen LogP contribution in [0, 0.1) is 0 Å². The summed E-state index contributed by atoms with van der Waals surface area (Å²) in [6, 6.07) is 20.3. The van der Waals surface area contributed by atoms with Crippen LogP contribution in [0.3, 0.4) is 0 Å². The third kappa shape index (κ3) is 2.42. The van der Waals surface area contributed by atoms with Crippen molar-refractivity contribution in [2.75, 3.05) is 11.1 Å². The summed E-state index contributed by atoms with van der Waals surface area (Å²) in [7, 11) is 0. The van der Waals surface area contributed by atoms with Gasteiger partial charge in [-0.05, 0) is 29.7 Å². The Balaban J connectivity index is 2.08. The van der Waals surface area contributed by atoms with Crippen molar-refractivity contribution in [3.05, 3.63) is 65.1 Å². The highest BCUT2D eigenvalue weighted by Gasteiger charge is 2.03. The SMILES string of the molecule is Nc1ccc(Br)cc1Nc1cccc2ccccc12. The van der Waals surface area contributed by atoms with Gasteiger partial charge in [-0.15, -0.1) is 0 Å². The van der Waals surface area contributed by atoms with Crippen LogP contribution in [0.15, 0.2) is 65.1 Å². The molecule has 0 atom stereocenters. The highest BCUT2D eigenvalue weighted by Crippen LogP contribution is 2.30. The molecule has 0 unspecified atom stereocenters. The minimum atomic E-state index is 0.733. The molecule has 0 aromatic heterocycles. The molecule has 0 saturated heterocycles. The van der Waals surface area contributed by atoms with Crippen molar-refractivity contribution >= 4 is 43.8 Å². The number of rotatable bonds is 2. The van der Waals surface area contributed by atoms with Crippen molar-refractivity contribution in [1.29, 1.82) is 0 Å². The molecule has 0 saturated carbocycles. The fourth-order valence-corrected chi connectivity index (χ4v) is 2.48. The number of fused-ring (bicyclic) bond motifs is 1. The van der Waals surface area contributed by atoms with Gasteiger partial charge in [0, 0.05) is 15.5 Å². The van der Waals surface area contributed by atoms with Crippen molar-refractivity contribution in [3.63, 3.8) is 0 Å². The summed E-state index contributed by atoms with van der Waals surface area (Å²) in [6.07, 6.45) is 0. The lowest BCUT2D eigenvalue weighted by molar-refractivity contribution is 1.55. The summed E-state index contributed by atoms with van der Waals surface area (Å²) < 4.78 is 1.00. The predicted molar refractivity (Wildman–Crippen MR) is 85.8 cm³/mol. The van der Waals surface area contributed by atoms with E-state index in [0.29, 0.717) is 0 Å². The van der Waals surface area contributed by atoms with Crippen LogP contribution >= 0.6 is 15.9 Å². The van der Waals surface area contributed by atoms with E-state index in [1.54, 1.807) is 0 Å². The van der Waals surface area contributed by atoms with Gasteiger partial charge in [0.15, 0.2) is 0 Å². The highest BCUT2D eigenvalue weighted by molar-refractivity contribution is 9.10. The standard InChI is InChI=1S/C16H13BrN2/c17-12-8-9-14(18)16(10-12)19-15-7-3-5-11-4-1-2-6-13(11)15/h1-10,19H,18H2. The Bertz CT molecular complexity index is 732. The van der Waals surface area contributed by atoms with E-state index in [2.05, 4.69) is 45.5 Å². The largest absolute Gasteiger partial charge is 0.397 e. The van der Waals surface area contributed by atoms with Crippen LogP contribution in [0.2, 0.25) is 0 Å². The summed E-state index contributed by atoms with van der Waals surface area (Å²) in [5.74, 6) is 0. The van der Waals surface area contributed by atoms with Gasteiger partial charge in [-0.1, -0.05) is 52.3 Å². The maximum absolute atomic E-state index is 6.00. The average molecular weight is 313 g/mol. The first-order valence-electron chi connectivity index (χ1n) is 6.04. The van der Waals surface area contributed by atoms with E-state index < -0.39 is 0 Å². The lowest BCUT2D eigenvalue weighted by Gasteiger charge is -2.12. The van der Waals surface area contributed by atoms with E-state index in [1.807, 2.05) is 36.4 Å². The third-order valence-electron chi connectivity index (χ3n) is 3.07. The first kappa shape index (κ1) is 12.1. The molecule has 0 radical (unpaired) electrons. The molecule has 0 aliphatic carbocycles. The summed E-state index contributed by atoms with van der Waals surface area (Å²) in [4.78, 5) is 0. The average Bonchev–Trinajstić information content (AvgIpc) is 2.43. The first-order valence-corrected chi connectivity index (χ1v) is 6.83. The zero-order chi connectivity index (χ0) is 13.2. The number of nitrogens with one attached hydrogen (secondary N) is 1. The fraction of sp³-hybridized carbons (Fsp3) is 0. The molecule has 0 heterocycles. The van der Waals surface area contributed by atoms with Crippen LogP contribution in [0.5, 0.6) is 0 Å². The quantitative estimate of drug-likeness (QED) is 0.658. The van der Waals surface area contributed by atoms with Crippen molar-refractivity contribution < 1.29 is 0 Å². The molecule has 3 aromatic rings. The van der Waals surface area contributed by atoms with Gasteiger partial charge in [-0.3, -0.25) is 0 Å². The normalized spacial score (nSPS) is 10.6. The molecular weight excluding hydrogens is 300 g/mol. The van der Waals surface area contributed by atoms with Crippen molar-refractivity contribution in [2.45, 2.75) is 0 Å². The molecule has 0 bridgehead atoms. The Kier molecular flexibility index (Phi) is 3.13. The van der Waals surface area contributed by atoms with E-state index in [-0.39, 0.29) is 0 Å². The van der Waals surface area contributed by atoms with E-state index in [1.165, 1.54) is 10.8 Å². The lowest BCUT2D eigenvalue weighted by Crippen LogP contribution is -1.96. The number of hydrogen-bond acceptors (Lipinski definition) is 2. The molecule has 3 aromatic carbocycles. The van der Waals surface area contributed by atoms with E-state index in [4.69, 9.17) is 5.73 Å². The van der Waals surface area contributed by atoms with Gasteiger partial charge in [-0.25, -0.2) is 0 Å². The Morgan fingerprint density at radius 3 is 2.53 bits per heavy atom. The first-order chi connectivity index (χ1) is 9.24. The Morgan fingerprint density at radius 2 is 1.63 bits per heavy atom. The number of anilines is 3. The minimum absolute atomic E-state index is 0.733. The summed E-state index contributed by atoms with van der Waals surface area (Å²) in [5, 5.41) is 5.79. The number of hydrogen-bond donors (Lipinski definition) is 2. The second kappa shape index (κ2) is 4.94. The van der Waals surface area contributed by atoms with Crippen molar-refractivity contribution in [3.8, 4) is 0 Å². The second-order valence-corrected chi connectivity index (χ2v) is 5.30. The molecule has 0 spiro atoms. The van der Waals surface area contributed by atoms with Crippen LogP contribution < -0.4 is 11.1 Å². The van der Waals surface area contributed by atoms with E-state index in [9.17, 15) is 0 Å². The second-order valence-electron chi connectivity index (χ2n) is 4.38. The van der Waals surface area contributed by atoms with Gasteiger partial charge in [0.2, 0.25) is 0 Å². The monoisotopic (exact) mass is 312 g/mol. The summed E-state index contributed by atoms with van der Waals surface area (Å²) >= 11 is 3.46. The molecule has 19 heavy (non-hydrogen) atoms. The zero-order valence-electron chi connectivity index (χ0n) is 10.2. The Labute approximate surface area is 120 Å². The molecule has 2 nitrogen and oxygen atoms in total. The van der Waals surface area contributed by atoms with Crippen molar-refractivity contribution in [1.82, 2.24) is 0 Å². The van der Waals surface area contributed by atoms with Crippen LogP contribution in [-0.4, -0.2) is 0 Å². The molecular formula is C16H13BrN2. The Morgan fingerprint density at radius 1 is 0.842 bits per heavy atom. The number of nitrogen functional groups attached to an aromatic ring is 1. The molecule has 3 rings (SSSR count). The number of benzene rings is 3. The molecule has 3 heteroatoms. The summed E-state index contributed by atoms with van der Waals surface area (Å²) in [5.41, 5.74) is 8.70. The molecule has 0 amide bonds. The van der Waals surface area contributed by atoms with Gasteiger partial charge in [-0.2, -0.15) is 0 Å². The lowest BCUT2D eigenvalue weighted by atomic mass is 10.1. The zero-order valence-corrected chi connectivity index (χ0v) is 11.8. The fourth-order valence-electron chi connectivity index (χ4n) is 2.12. The van der Waals surface area contributed by atoms with Crippen LogP contribution in [0.1, 0.15) is 0 Å². The van der Waals surface area contributed by atoms with Gasteiger partial charge in [0.1, 0.15) is 0 Å².